The molecule has 0 spiro atoms. The van der Waals surface area contributed by atoms with Gasteiger partial charge < -0.3 is 10.5 Å². The second-order valence-electron chi connectivity index (χ2n) is 5.62. The van der Waals surface area contributed by atoms with Crippen molar-refractivity contribution in [3.63, 3.8) is 0 Å². The van der Waals surface area contributed by atoms with Gasteiger partial charge in [-0.3, -0.25) is 9.78 Å². The summed E-state index contributed by atoms with van der Waals surface area (Å²) in [5.74, 6) is 0.221. The number of aryl methyl sites for hydroxylation is 1. The summed E-state index contributed by atoms with van der Waals surface area (Å²) in [6.07, 6.45) is 3.93. The number of nitrogens with two attached hydrogens (primary N) is 1. The van der Waals surface area contributed by atoms with Crippen LogP contribution in [0.1, 0.15) is 39.3 Å². The summed E-state index contributed by atoms with van der Waals surface area (Å²) in [6.45, 7) is 6.74. The average molecular weight is 278 g/mol. The molecule has 1 unspecified atom stereocenters. The van der Waals surface area contributed by atoms with Crippen molar-refractivity contribution in [3.05, 3.63) is 30.1 Å². The van der Waals surface area contributed by atoms with Crippen LogP contribution in [0.5, 0.6) is 0 Å². The van der Waals surface area contributed by atoms with Crippen LogP contribution in [0.4, 0.5) is 0 Å². The minimum absolute atomic E-state index is 0.174. The third kappa shape index (κ3) is 4.60. The number of nitrogens with zero attached hydrogens (tertiary/aromatic N) is 1. The fourth-order valence-corrected chi connectivity index (χ4v) is 2.54. The lowest BCUT2D eigenvalue weighted by Gasteiger charge is -2.31. The number of hydrogen-bond acceptors (Lipinski definition) is 4. The van der Waals surface area contributed by atoms with Crippen molar-refractivity contribution in [1.82, 2.24) is 4.98 Å². The van der Waals surface area contributed by atoms with E-state index in [0.717, 1.165) is 18.5 Å². The molecule has 112 valence electrons. The minimum atomic E-state index is -0.596. The summed E-state index contributed by atoms with van der Waals surface area (Å²) in [5, 5.41) is 0. The largest absolute Gasteiger partial charge is 0.466 e. The van der Waals surface area contributed by atoms with Gasteiger partial charge in [0, 0.05) is 18.4 Å². The van der Waals surface area contributed by atoms with E-state index in [9.17, 15) is 4.79 Å². The minimum Gasteiger partial charge on any atom is -0.466 e. The highest BCUT2D eigenvalue weighted by Crippen LogP contribution is 2.32. The van der Waals surface area contributed by atoms with Crippen LogP contribution in [0.2, 0.25) is 0 Å². The lowest BCUT2D eigenvalue weighted by molar-refractivity contribution is -0.156. The first-order valence-electron chi connectivity index (χ1n) is 7.31. The van der Waals surface area contributed by atoms with E-state index in [1.807, 2.05) is 25.1 Å². The Labute approximate surface area is 121 Å². The van der Waals surface area contributed by atoms with Gasteiger partial charge in [0.25, 0.3) is 0 Å². The van der Waals surface area contributed by atoms with Crippen molar-refractivity contribution >= 4 is 5.97 Å². The normalized spacial score (nSPS) is 14.1. The molecule has 0 saturated heterocycles. The summed E-state index contributed by atoms with van der Waals surface area (Å²) >= 11 is 0. The third-order valence-electron chi connectivity index (χ3n) is 3.48. The number of carbonyl (C=O) groups excluding carboxylic acids is 1. The van der Waals surface area contributed by atoms with Crippen molar-refractivity contribution in [2.75, 3.05) is 13.2 Å². The third-order valence-corrected chi connectivity index (χ3v) is 3.48. The molecule has 1 aromatic rings. The summed E-state index contributed by atoms with van der Waals surface area (Å²) in [4.78, 5) is 16.6. The Morgan fingerprint density at radius 2 is 2.20 bits per heavy atom. The lowest BCUT2D eigenvalue weighted by atomic mass is 9.76. The van der Waals surface area contributed by atoms with E-state index in [2.05, 4.69) is 18.8 Å². The predicted molar refractivity (Wildman–Crippen MR) is 80.1 cm³/mol. The van der Waals surface area contributed by atoms with E-state index in [-0.39, 0.29) is 5.97 Å². The van der Waals surface area contributed by atoms with Crippen LogP contribution in [0.25, 0.3) is 0 Å². The zero-order valence-electron chi connectivity index (χ0n) is 12.8. The van der Waals surface area contributed by atoms with Crippen molar-refractivity contribution in [2.24, 2.45) is 17.1 Å². The Hall–Kier alpha value is -1.42. The molecule has 0 amide bonds. The maximum Gasteiger partial charge on any atom is 0.313 e. The van der Waals surface area contributed by atoms with Crippen LogP contribution in [0.15, 0.2) is 24.4 Å². The molecule has 0 aliphatic rings. The molecular weight excluding hydrogens is 252 g/mol. The zero-order valence-corrected chi connectivity index (χ0v) is 12.8. The standard InChI is InChI=1S/C16H26N2O2/c1-4-20-15(19)16(12-17,11-13(2)3)9-8-14-7-5-6-10-18-14/h5-7,10,13H,4,8-9,11-12,17H2,1-3H3. The van der Waals surface area contributed by atoms with Gasteiger partial charge in [0.15, 0.2) is 0 Å². The van der Waals surface area contributed by atoms with Gasteiger partial charge in [-0.25, -0.2) is 0 Å². The smallest absolute Gasteiger partial charge is 0.313 e. The number of hydrogen-bond donors (Lipinski definition) is 1. The quantitative estimate of drug-likeness (QED) is 0.742. The highest BCUT2D eigenvalue weighted by Gasteiger charge is 2.38. The van der Waals surface area contributed by atoms with E-state index >= 15 is 0 Å². The number of carbonyl (C=O) groups is 1. The molecule has 4 heteroatoms. The molecule has 0 fully saturated rings. The molecule has 0 aromatic carbocycles. The highest BCUT2D eigenvalue weighted by atomic mass is 16.5. The molecule has 0 radical (unpaired) electrons. The maximum absolute atomic E-state index is 12.3. The first-order chi connectivity index (χ1) is 9.54. The summed E-state index contributed by atoms with van der Waals surface area (Å²) in [7, 11) is 0. The second-order valence-corrected chi connectivity index (χ2v) is 5.62. The Balaban J connectivity index is 2.83. The van der Waals surface area contributed by atoms with Gasteiger partial charge in [-0.05, 0) is 44.2 Å². The van der Waals surface area contributed by atoms with Crippen molar-refractivity contribution in [3.8, 4) is 0 Å². The monoisotopic (exact) mass is 278 g/mol. The van der Waals surface area contributed by atoms with E-state index in [4.69, 9.17) is 10.5 Å². The fraction of sp³-hybridized carbons (Fsp3) is 0.625. The molecule has 20 heavy (non-hydrogen) atoms. The number of aromatic nitrogens is 1. The van der Waals surface area contributed by atoms with Gasteiger partial charge in [-0.1, -0.05) is 19.9 Å². The van der Waals surface area contributed by atoms with Crippen LogP contribution in [0, 0.1) is 11.3 Å². The average Bonchev–Trinajstić information content (AvgIpc) is 2.44. The molecule has 0 aliphatic carbocycles. The first-order valence-corrected chi connectivity index (χ1v) is 7.31. The molecule has 4 nitrogen and oxygen atoms in total. The lowest BCUT2D eigenvalue weighted by Crippen LogP contribution is -2.41. The van der Waals surface area contributed by atoms with Crippen LogP contribution in [0.3, 0.4) is 0 Å². The van der Waals surface area contributed by atoms with Gasteiger partial charge in [-0.15, -0.1) is 0 Å². The van der Waals surface area contributed by atoms with Crippen molar-refractivity contribution in [2.45, 2.75) is 40.0 Å². The molecule has 0 saturated carbocycles. The topological polar surface area (TPSA) is 65.2 Å². The van der Waals surface area contributed by atoms with Crippen LogP contribution < -0.4 is 5.73 Å². The Morgan fingerprint density at radius 3 is 2.70 bits per heavy atom. The number of rotatable bonds is 8. The van der Waals surface area contributed by atoms with Crippen molar-refractivity contribution in [1.29, 1.82) is 0 Å². The number of esters is 1. The molecular formula is C16H26N2O2. The van der Waals surface area contributed by atoms with Gasteiger partial charge >= 0.3 is 5.97 Å². The first kappa shape index (κ1) is 16.6. The molecule has 1 atom stereocenters. The molecule has 0 bridgehead atoms. The summed E-state index contributed by atoms with van der Waals surface area (Å²) in [5.41, 5.74) is 6.32. The van der Waals surface area contributed by atoms with Gasteiger partial charge in [0.1, 0.15) is 0 Å². The van der Waals surface area contributed by atoms with Gasteiger partial charge in [-0.2, -0.15) is 0 Å². The van der Waals surface area contributed by atoms with E-state index in [1.54, 1.807) is 6.20 Å². The van der Waals surface area contributed by atoms with Crippen LogP contribution in [-0.4, -0.2) is 24.1 Å². The van der Waals surface area contributed by atoms with E-state index in [0.29, 0.717) is 25.5 Å². The zero-order chi connectivity index (χ0) is 15.0. The fourth-order valence-electron chi connectivity index (χ4n) is 2.54. The number of pyridine rings is 1. The molecule has 1 aromatic heterocycles. The molecule has 1 rings (SSSR count). The van der Waals surface area contributed by atoms with E-state index < -0.39 is 5.41 Å². The Kier molecular flexibility index (Phi) is 6.65. The summed E-state index contributed by atoms with van der Waals surface area (Å²) in [6, 6.07) is 5.82. The maximum atomic E-state index is 12.3. The van der Waals surface area contributed by atoms with Crippen LogP contribution >= 0.6 is 0 Å². The van der Waals surface area contributed by atoms with Gasteiger partial charge in [0.2, 0.25) is 0 Å². The Bertz CT molecular complexity index is 406. The number of ether oxygens (including phenoxy) is 1. The van der Waals surface area contributed by atoms with Crippen LogP contribution in [-0.2, 0) is 16.0 Å². The van der Waals surface area contributed by atoms with Crippen molar-refractivity contribution < 1.29 is 9.53 Å². The van der Waals surface area contributed by atoms with Gasteiger partial charge in [0.05, 0.1) is 12.0 Å². The SMILES string of the molecule is CCOC(=O)C(CN)(CCc1ccccn1)CC(C)C. The predicted octanol–water partition coefficient (Wildman–Crippen LogP) is 2.57. The summed E-state index contributed by atoms with van der Waals surface area (Å²) < 4.78 is 5.25. The molecule has 1 heterocycles. The van der Waals surface area contributed by atoms with E-state index in [1.165, 1.54) is 0 Å². The highest BCUT2D eigenvalue weighted by molar-refractivity contribution is 5.77. The molecule has 0 aliphatic heterocycles. The molecule has 2 N–H and O–H groups in total. The second kappa shape index (κ2) is 8.00. The Morgan fingerprint density at radius 1 is 1.45 bits per heavy atom.